The van der Waals surface area contributed by atoms with Crippen LogP contribution in [0.2, 0.25) is 0 Å². The summed E-state index contributed by atoms with van der Waals surface area (Å²) in [6, 6.07) is 7.41. The molecule has 0 fully saturated rings. The SMILES string of the molecule is CNCc1c(F)cccc1Oc1c(F)cccc1[N+](=O)[O-]. The van der Waals surface area contributed by atoms with Gasteiger partial charge in [-0.3, -0.25) is 10.1 Å². The van der Waals surface area contributed by atoms with Crippen molar-refractivity contribution in [3.63, 3.8) is 0 Å². The molecule has 0 aliphatic rings. The van der Waals surface area contributed by atoms with Crippen LogP contribution in [-0.2, 0) is 6.54 Å². The Bertz CT molecular complexity index is 677. The number of para-hydroxylation sites is 1. The molecule has 0 spiro atoms. The van der Waals surface area contributed by atoms with Crippen LogP contribution in [0.3, 0.4) is 0 Å². The Morgan fingerprint density at radius 1 is 1.19 bits per heavy atom. The molecular formula is C14H12F2N2O3. The number of benzene rings is 2. The summed E-state index contributed by atoms with van der Waals surface area (Å²) < 4.78 is 32.8. The number of nitro groups is 1. The Morgan fingerprint density at radius 3 is 2.52 bits per heavy atom. The average molecular weight is 294 g/mol. The Kier molecular flexibility index (Phi) is 4.44. The highest BCUT2D eigenvalue weighted by Crippen LogP contribution is 2.35. The van der Waals surface area contributed by atoms with Crippen LogP contribution in [-0.4, -0.2) is 12.0 Å². The number of hydrogen-bond acceptors (Lipinski definition) is 4. The van der Waals surface area contributed by atoms with Crippen LogP contribution in [0, 0.1) is 21.7 Å². The Labute approximate surface area is 119 Å². The number of nitrogens with zero attached hydrogens (tertiary/aromatic N) is 1. The van der Waals surface area contributed by atoms with Gasteiger partial charge in [0.15, 0.2) is 5.82 Å². The molecule has 0 radical (unpaired) electrons. The lowest BCUT2D eigenvalue weighted by molar-refractivity contribution is -0.385. The minimum absolute atomic E-state index is 0.0255. The molecular weight excluding hydrogens is 282 g/mol. The third-order valence-electron chi connectivity index (χ3n) is 2.78. The second kappa shape index (κ2) is 6.27. The van der Waals surface area contributed by atoms with Crippen LogP contribution in [0.1, 0.15) is 5.56 Å². The molecule has 0 aliphatic heterocycles. The lowest BCUT2D eigenvalue weighted by atomic mass is 10.2. The van der Waals surface area contributed by atoms with Gasteiger partial charge in [-0.1, -0.05) is 12.1 Å². The van der Waals surface area contributed by atoms with Crippen molar-refractivity contribution in [2.75, 3.05) is 7.05 Å². The average Bonchev–Trinajstić information content (AvgIpc) is 2.44. The molecule has 7 heteroatoms. The van der Waals surface area contributed by atoms with E-state index in [1.807, 2.05) is 0 Å². The van der Waals surface area contributed by atoms with Gasteiger partial charge in [0.2, 0.25) is 5.75 Å². The normalized spacial score (nSPS) is 10.4. The largest absolute Gasteiger partial charge is 0.447 e. The van der Waals surface area contributed by atoms with Crippen molar-refractivity contribution in [1.82, 2.24) is 5.32 Å². The van der Waals surface area contributed by atoms with Crippen molar-refractivity contribution < 1.29 is 18.4 Å². The number of nitrogens with one attached hydrogen (secondary N) is 1. The van der Waals surface area contributed by atoms with Gasteiger partial charge in [0, 0.05) is 18.2 Å². The molecule has 0 unspecified atom stereocenters. The number of ether oxygens (including phenoxy) is 1. The summed E-state index contributed by atoms with van der Waals surface area (Å²) in [5.74, 6) is -1.94. The van der Waals surface area contributed by atoms with E-state index in [9.17, 15) is 18.9 Å². The third kappa shape index (κ3) is 3.14. The van der Waals surface area contributed by atoms with Gasteiger partial charge in [-0.2, -0.15) is 0 Å². The van der Waals surface area contributed by atoms with Crippen molar-refractivity contribution in [3.8, 4) is 11.5 Å². The topological polar surface area (TPSA) is 64.4 Å². The zero-order valence-electron chi connectivity index (χ0n) is 11.1. The summed E-state index contributed by atoms with van der Waals surface area (Å²) in [4.78, 5) is 10.2. The van der Waals surface area contributed by atoms with Gasteiger partial charge in [-0.05, 0) is 25.2 Å². The van der Waals surface area contributed by atoms with Crippen LogP contribution >= 0.6 is 0 Å². The summed E-state index contributed by atoms with van der Waals surface area (Å²) >= 11 is 0. The van der Waals surface area contributed by atoms with E-state index >= 15 is 0 Å². The molecule has 1 N–H and O–H groups in total. The van der Waals surface area contributed by atoms with E-state index in [0.29, 0.717) is 0 Å². The second-order valence-electron chi connectivity index (χ2n) is 4.19. The monoisotopic (exact) mass is 294 g/mol. The first-order chi connectivity index (χ1) is 10.0. The number of rotatable bonds is 5. The quantitative estimate of drug-likeness (QED) is 0.678. The van der Waals surface area contributed by atoms with Crippen molar-refractivity contribution >= 4 is 5.69 Å². The number of hydrogen-bond donors (Lipinski definition) is 1. The van der Waals surface area contributed by atoms with E-state index < -0.39 is 28.0 Å². The molecule has 0 saturated heterocycles. The van der Waals surface area contributed by atoms with Gasteiger partial charge in [-0.15, -0.1) is 0 Å². The minimum atomic E-state index is -0.885. The maximum atomic E-state index is 13.8. The summed E-state index contributed by atoms with van der Waals surface area (Å²) in [6.45, 7) is 0.143. The molecule has 0 bridgehead atoms. The van der Waals surface area contributed by atoms with Crippen molar-refractivity contribution in [3.05, 3.63) is 63.7 Å². The fourth-order valence-corrected chi connectivity index (χ4v) is 1.84. The van der Waals surface area contributed by atoms with Crippen LogP contribution < -0.4 is 10.1 Å². The van der Waals surface area contributed by atoms with Crippen molar-refractivity contribution in [1.29, 1.82) is 0 Å². The van der Waals surface area contributed by atoms with Gasteiger partial charge in [0.25, 0.3) is 0 Å². The van der Waals surface area contributed by atoms with E-state index in [0.717, 1.165) is 12.1 Å². The van der Waals surface area contributed by atoms with E-state index in [1.165, 1.54) is 24.3 Å². The van der Waals surface area contributed by atoms with E-state index in [2.05, 4.69) is 5.32 Å². The fraction of sp³-hybridized carbons (Fsp3) is 0.143. The van der Waals surface area contributed by atoms with Crippen molar-refractivity contribution in [2.24, 2.45) is 0 Å². The van der Waals surface area contributed by atoms with Crippen LogP contribution in [0.25, 0.3) is 0 Å². The molecule has 2 aromatic rings. The van der Waals surface area contributed by atoms with Gasteiger partial charge >= 0.3 is 5.69 Å². The predicted molar refractivity (Wildman–Crippen MR) is 72.3 cm³/mol. The summed E-state index contributed by atoms with van der Waals surface area (Å²) in [5.41, 5.74) is -0.354. The maximum absolute atomic E-state index is 13.8. The number of nitro benzene ring substituents is 1. The summed E-state index contributed by atoms with van der Waals surface area (Å²) in [7, 11) is 1.61. The molecule has 0 aromatic heterocycles. The van der Waals surface area contributed by atoms with E-state index in [-0.39, 0.29) is 17.9 Å². The molecule has 0 amide bonds. The maximum Gasteiger partial charge on any atom is 0.314 e. The van der Waals surface area contributed by atoms with Crippen LogP contribution in [0.5, 0.6) is 11.5 Å². The molecule has 0 atom stereocenters. The molecule has 21 heavy (non-hydrogen) atoms. The van der Waals surface area contributed by atoms with Gasteiger partial charge in [-0.25, -0.2) is 8.78 Å². The first-order valence-corrected chi connectivity index (χ1v) is 6.07. The third-order valence-corrected chi connectivity index (χ3v) is 2.78. The van der Waals surface area contributed by atoms with E-state index in [1.54, 1.807) is 7.05 Å². The van der Waals surface area contributed by atoms with Crippen LogP contribution in [0.4, 0.5) is 14.5 Å². The first-order valence-electron chi connectivity index (χ1n) is 6.07. The highest BCUT2D eigenvalue weighted by Gasteiger charge is 2.21. The molecule has 0 aliphatic carbocycles. The highest BCUT2D eigenvalue weighted by atomic mass is 19.1. The van der Waals surface area contributed by atoms with Gasteiger partial charge < -0.3 is 10.1 Å². The van der Waals surface area contributed by atoms with Gasteiger partial charge in [0.05, 0.1) is 4.92 Å². The molecule has 110 valence electrons. The molecule has 0 saturated carbocycles. The minimum Gasteiger partial charge on any atom is -0.447 e. The first kappa shape index (κ1) is 14.9. The summed E-state index contributed by atoms with van der Waals surface area (Å²) in [5, 5.41) is 13.7. The standard InChI is InChI=1S/C14H12F2N2O3/c1-17-8-9-10(15)4-3-7-13(9)21-14-11(16)5-2-6-12(14)18(19)20/h2-7,17H,8H2,1H3. The Hall–Kier alpha value is -2.54. The molecule has 5 nitrogen and oxygen atoms in total. The predicted octanol–water partition coefficient (Wildman–Crippen LogP) is 3.38. The van der Waals surface area contributed by atoms with Gasteiger partial charge in [0.1, 0.15) is 11.6 Å². The fourth-order valence-electron chi connectivity index (χ4n) is 1.84. The smallest absolute Gasteiger partial charge is 0.314 e. The lowest BCUT2D eigenvalue weighted by Gasteiger charge is -2.12. The highest BCUT2D eigenvalue weighted by molar-refractivity contribution is 5.50. The van der Waals surface area contributed by atoms with Crippen molar-refractivity contribution in [2.45, 2.75) is 6.54 Å². The Morgan fingerprint density at radius 2 is 1.86 bits per heavy atom. The summed E-state index contributed by atoms with van der Waals surface area (Å²) in [6.07, 6.45) is 0. The van der Waals surface area contributed by atoms with E-state index in [4.69, 9.17) is 4.74 Å². The number of halogens is 2. The zero-order chi connectivity index (χ0) is 15.4. The lowest BCUT2D eigenvalue weighted by Crippen LogP contribution is -2.09. The van der Waals surface area contributed by atoms with Crippen LogP contribution in [0.15, 0.2) is 36.4 Å². The Balaban J connectivity index is 2.48. The molecule has 2 rings (SSSR count). The molecule has 0 heterocycles. The zero-order valence-corrected chi connectivity index (χ0v) is 11.1. The second-order valence-corrected chi connectivity index (χ2v) is 4.19. The molecule has 2 aromatic carbocycles.